The van der Waals surface area contributed by atoms with E-state index in [-0.39, 0.29) is 5.57 Å². The van der Waals surface area contributed by atoms with E-state index >= 15 is 0 Å². The summed E-state index contributed by atoms with van der Waals surface area (Å²) in [5, 5.41) is 32.6. The van der Waals surface area contributed by atoms with Gasteiger partial charge < -0.3 is 19.7 Å². The summed E-state index contributed by atoms with van der Waals surface area (Å²) in [5.41, 5.74) is 0.152. The van der Waals surface area contributed by atoms with Crippen LogP contribution in [0, 0.1) is 22.7 Å². The molecule has 2 N–H and O–H groups in total. The minimum absolute atomic E-state index is 0.152. The zero-order valence-electron chi connectivity index (χ0n) is 12.9. The van der Waals surface area contributed by atoms with E-state index in [9.17, 15) is 9.59 Å². The maximum absolute atomic E-state index is 10.6. The van der Waals surface area contributed by atoms with Crippen molar-refractivity contribution in [2.75, 3.05) is 26.9 Å². The van der Waals surface area contributed by atoms with Crippen molar-refractivity contribution in [2.24, 2.45) is 0 Å². The van der Waals surface area contributed by atoms with Gasteiger partial charge in [-0.2, -0.15) is 10.5 Å². The van der Waals surface area contributed by atoms with Crippen molar-refractivity contribution in [3.8, 4) is 12.1 Å². The molecule has 8 nitrogen and oxygen atoms in total. The zero-order chi connectivity index (χ0) is 17.9. The van der Waals surface area contributed by atoms with E-state index in [1.807, 2.05) is 0 Å². The summed E-state index contributed by atoms with van der Waals surface area (Å²) in [4.78, 5) is 20.1. The number of hydrogen-bond acceptors (Lipinski definition) is 6. The molecule has 0 aliphatic heterocycles. The molecule has 0 radical (unpaired) electrons. The molecule has 0 unspecified atom stereocenters. The second-order valence-corrected chi connectivity index (χ2v) is 3.97. The third-order valence-electron chi connectivity index (χ3n) is 2.23. The van der Waals surface area contributed by atoms with Crippen molar-refractivity contribution < 1.29 is 29.3 Å². The van der Waals surface area contributed by atoms with Crippen LogP contribution in [0.4, 0.5) is 0 Å². The number of ether oxygens (including phenoxy) is 2. The van der Waals surface area contributed by atoms with Gasteiger partial charge in [0.25, 0.3) is 0 Å². The number of methoxy groups -OCH3 is 1. The Morgan fingerprint density at radius 3 is 2.22 bits per heavy atom. The van der Waals surface area contributed by atoms with Crippen molar-refractivity contribution in [2.45, 2.75) is 19.3 Å². The van der Waals surface area contributed by atoms with Gasteiger partial charge in [0.15, 0.2) is 0 Å². The first-order valence-corrected chi connectivity index (χ1v) is 6.67. The Bertz CT molecular complexity index is 485. The number of carboxylic acid groups (broad SMARTS) is 2. The number of hydrogen-bond donors (Lipinski definition) is 2. The number of nitriles is 2. The molecule has 0 spiro atoms. The Morgan fingerprint density at radius 2 is 1.78 bits per heavy atom. The van der Waals surface area contributed by atoms with Crippen LogP contribution in [-0.4, -0.2) is 49.1 Å². The molecule has 23 heavy (non-hydrogen) atoms. The Balaban J connectivity index is 0. The Morgan fingerprint density at radius 1 is 1.09 bits per heavy atom. The van der Waals surface area contributed by atoms with Crippen molar-refractivity contribution in [1.82, 2.24) is 0 Å². The third kappa shape index (κ3) is 19.3. The molecule has 0 fully saturated rings. The van der Waals surface area contributed by atoms with E-state index < -0.39 is 11.9 Å². The summed E-state index contributed by atoms with van der Waals surface area (Å²) in [7, 11) is 1.61. The van der Waals surface area contributed by atoms with Crippen LogP contribution in [0.3, 0.4) is 0 Å². The summed E-state index contributed by atoms with van der Waals surface area (Å²) in [6.07, 6.45) is 4.64. The second-order valence-electron chi connectivity index (χ2n) is 3.97. The van der Waals surface area contributed by atoms with Gasteiger partial charge in [-0.05, 0) is 19.3 Å². The number of aliphatic carboxylic acids is 2. The third-order valence-corrected chi connectivity index (χ3v) is 2.23. The Kier molecular flexibility index (Phi) is 17.1. The Hall–Kier alpha value is -2.68. The molecule has 0 aliphatic rings. The van der Waals surface area contributed by atoms with Crippen LogP contribution >= 0.6 is 0 Å². The molecule has 0 aliphatic carbocycles. The fourth-order valence-corrected chi connectivity index (χ4v) is 1.19. The van der Waals surface area contributed by atoms with E-state index in [4.69, 9.17) is 30.2 Å². The van der Waals surface area contributed by atoms with E-state index in [1.54, 1.807) is 13.2 Å². The summed E-state index contributed by atoms with van der Waals surface area (Å²) >= 11 is 0. The van der Waals surface area contributed by atoms with Crippen molar-refractivity contribution in [1.29, 1.82) is 10.5 Å². The molecule has 0 saturated carbocycles. The van der Waals surface area contributed by atoms with Gasteiger partial charge in [0.2, 0.25) is 0 Å². The van der Waals surface area contributed by atoms with Gasteiger partial charge in [0.05, 0.1) is 25.4 Å². The smallest absolute Gasteiger partial charge is 0.332 e. The molecule has 0 aromatic carbocycles. The normalized spacial score (nSPS) is 10.3. The molecular weight excluding hydrogens is 304 g/mol. The molecular formula is C15H20N2O6. The Labute approximate surface area is 134 Å². The highest BCUT2D eigenvalue weighted by Gasteiger charge is 2.05. The van der Waals surface area contributed by atoms with Gasteiger partial charge in [0, 0.05) is 37.5 Å². The highest BCUT2D eigenvalue weighted by atomic mass is 16.5. The highest BCUT2D eigenvalue weighted by Crippen LogP contribution is 2.07. The van der Waals surface area contributed by atoms with Crippen LogP contribution < -0.4 is 0 Å². The summed E-state index contributed by atoms with van der Waals surface area (Å²) in [6, 6.07) is 3.26. The van der Waals surface area contributed by atoms with Crippen molar-refractivity contribution in [3.63, 3.8) is 0 Å². The number of unbranched alkanes of at least 4 members (excludes halogenated alkanes) is 1. The lowest BCUT2D eigenvalue weighted by Crippen LogP contribution is -2.04. The molecule has 0 atom stereocenters. The maximum Gasteiger partial charge on any atom is 0.332 e. The SMILES string of the molecule is COCCOCCCCC(=CC#N)C(=O)O.N#CC=CC(=O)O. The van der Waals surface area contributed by atoms with Crippen molar-refractivity contribution >= 4 is 11.9 Å². The van der Waals surface area contributed by atoms with E-state index in [0.29, 0.717) is 32.7 Å². The first kappa shape index (κ1) is 22.6. The molecule has 0 aromatic heterocycles. The van der Waals surface area contributed by atoms with Crippen LogP contribution in [0.1, 0.15) is 19.3 Å². The largest absolute Gasteiger partial charge is 0.478 e. The van der Waals surface area contributed by atoms with E-state index in [2.05, 4.69) is 0 Å². The molecule has 0 rings (SSSR count). The number of carbonyl (C=O) groups is 2. The summed E-state index contributed by atoms with van der Waals surface area (Å²) in [6.45, 7) is 1.70. The lowest BCUT2D eigenvalue weighted by molar-refractivity contribution is -0.133. The van der Waals surface area contributed by atoms with Crippen molar-refractivity contribution in [3.05, 3.63) is 23.8 Å². The minimum atomic E-state index is -1.10. The van der Waals surface area contributed by atoms with Gasteiger partial charge in [-0.25, -0.2) is 9.59 Å². The van der Waals surface area contributed by atoms with Gasteiger partial charge in [0.1, 0.15) is 0 Å². The van der Waals surface area contributed by atoms with Crippen LogP contribution in [0.15, 0.2) is 23.8 Å². The first-order valence-electron chi connectivity index (χ1n) is 6.67. The number of carboxylic acids is 2. The predicted molar refractivity (Wildman–Crippen MR) is 80.3 cm³/mol. The van der Waals surface area contributed by atoms with Gasteiger partial charge >= 0.3 is 11.9 Å². The van der Waals surface area contributed by atoms with Crippen LogP contribution in [0.5, 0.6) is 0 Å². The zero-order valence-corrected chi connectivity index (χ0v) is 12.9. The van der Waals surface area contributed by atoms with Gasteiger partial charge in [-0.3, -0.25) is 0 Å². The predicted octanol–water partition coefficient (Wildman–Crippen LogP) is 1.51. The van der Waals surface area contributed by atoms with E-state index in [0.717, 1.165) is 24.6 Å². The average molecular weight is 324 g/mol. The second kappa shape index (κ2) is 17.4. The molecule has 0 amide bonds. The van der Waals surface area contributed by atoms with Gasteiger partial charge in [-0.15, -0.1) is 0 Å². The summed E-state index contributed by atoms with van der Waals surface area (Å²) < 4.78 is 10.0. The van der Waals surface area contributed by atoms with E-state index in [1.165, 1.54) is 6.07 Å². The number of rotatable bonds is 10. The molecule has 8 heteroatoms. The number of allylic oxidation sites excluding steroid dienone is 2. The average Bonchev–Trinajstić information content (AvgIpc) is 2.51. The van der Waals surface area contributed by atoms with Crippen LogP contribution in [0.2, 0.25) is 0 Å². The standard InChI is InChI=1S/C11H17NO4.C4H3NO2/c1-15-8-9-16-7-3-2-4-10(5-6-12)11(13)14;5-3-1-2-4(6)7/h5H,2-4,7-9H2,1H3,(H,13,14);1-2H,(H,6,7). The monoisotopic (exact) mass is 324 g/mol. The summed E-state index contributed by atoms with van der Waals surface area (Å²) in [5.74, 6) is -2.12. The fourth-order valence-electron chi connectivity index (χ4n) is 1.19. The number of nitrogens with zero attached hydrogens (tertiary/aromatic N) is 2. The molecule has 0 bridgehead atoms. The molecule has 0 saturated heterocycles. The van der Waals surface area contributed by atoms with Crippen LogP contribution in [0.25, 0.3) is 0 Å². The molecule has 0 aromatic rings. The van der Waals surface area contributed by atoms with Gasteiger partial charge in [-0.1, -0.05) is 0 Å². The quantitative estimate of drug-likeness (QED) is 0.350. The molecule has 126 valence electrons. The minimum Gasteiger partial charge on any atom is -0.478 e. The highest BCUT2D eigenvalue weighted by molar-refractivity contribution is 5.87. The lowest BCUT2D eigenvalue weighted by Gasteiger charge is -2.03. The fraction of sp³-hybridized carbons (Fsp3) is 0.467. The molecule has 0 heterocycles. The van der Waals surface area contributed by atoms with Crippen LogP contribution in [-0.2, 0) is 19.1 Å². The lowest BCUT2D eigenvalue weighted by atomic mass is 10.1. The topological polar surface area (TPSA) is 141 Å². The maximum atomic E-state index is 10.6. The first-order chi connectivity index (χ1) is 11.0.